The van der Waals surface area contributed by atoms with Gasteiger partial charge in [0.05, 0.1) is 25.4 Å². The summed E-state index contributed by atoms with van der Waals surface area (Å²) < 4.78 is 5.51. The molecule has 84 heavy (non-hydrogen) atoms. The van der Waals surface area contributed by atoms with Gasteiger partial charge in [-0.3, -0.25) is 9.59 Å². The maximum atomic E-state index is 12.5. The Morgan fingerprint density at radius 3 is 0.845 bits per heavy atom. The van der Waals surface area contributed by atoms with Crippen molar-refractivity contribution in [1.82, 2.24) is 5.32 Å². The molecule has 0 aromatic heterocycles. The smallest absolute Gasteiger partial charge is 0.305 e. The highest BCUT2D eigenvalue weighted by Crippen LogP contribution is 2.20. The number of nitrogens with one attached hydrogen (secondary N) is 1. The fourth-order valence-electron chi connectivity index (χ4n) is 12.3. The van der Waals surface area contributed by atoms with E-state index < -0.39 is 12.1 Å². The molecule has 0 aromatic carbocycles. The summed E-state index contributed by atoms with van der Waals surface area (Å²) in [7, 11) is 0. The molecule has 3 N–H and O–H groups in total. The lowest BCUT2D eigenvalue weighted by molar-refractivity contribution is -0.143. The van der Waals surface area contributed by atoms with Gasteiger partial charge in [-0.05, 0) is 57.8 Å². The first-order valence-electron chi connectivity index (χ1n) is 38.6. The van der Waals surface area contributed by atoms with Gasteiger partial charge in [0.15, 0.2) is 0 Å². The van der Waals surface area contributed by atoms with Crippen LogP contribution in [-0.2, 0) is 14.3 Å². The van der Waals surface area contributed by atoms with E-state index in [0.717, 1.165) is 44.9 Å². The lowest BCUT2D eigenvalue weighted by Crippen LogP contribution is -2.45. The van der Waals surface area contributed by atoms with Crippen molar-refractivity contribution in [2.45, 2.75) is 450 Å². The quantitative estimate of drug-likeness (QED) is 0.0320. The molecule has 6 nitrogen and oxygen atoms in total. The van der Waals surface area contributed by atoms with E-state index in [4.69, 9.17) is 4.74 Å². The highest BCUT2D eigenvalue weighted by atomic mass is 16.5. The van der Waals surface area contributed by atoms with Crippen LogP contribution < -0.4 is 5.32 Å². The minimum absolute atomic E-state index is 0.0180. The molecule has 0 aliphatic carbocycles. The number of hydrogen-bond donors (Lipinski definition) is 3. The predicted octanol–water partition coefficient (Wildman–Crippen LogP) is 25.3. The summed E-state index contributed by atoms with van der Waals surface area (Å²) in [5.41, 5.74) is 0. The van der Waals surface area contributed by atoms with Crippen molar-refractivity contribution in [3.8, 4) is 0 Å². The topological polar surface area (TPSA) is 95.9 Å². The molecular formula is C78H151NO5. The molecule has 0 spiro atoms. The normalized spacial score (nSPS) is 12.6. The summed E-state index contributed by atoms with van der Waals surface area (Å²) in [5, 5.41) is 23.3. The minimum atomic E-state index is -0.842. The van der Waals surface area contributed by atoms with Gasteiger partial charge in [0, 0.05) is 12.8 Å². The minimum Gasteiger partial charge on any atom is -0.466 e. The van der Waals surface area contributed by atoms with Crippen LogP contribution >= 0.6 is 0 Å². The molecule has 2 atom stereocenters. The van der Waals surface area contributed by atoms with Crippen molar-refractivity contribution < 1.29 is 24.5 Å². The molecule has 0 aliphatic rings. The molecule has 0 radical (unpaired) electrons. The monoisotopic (exact) mass is 1180 g/mol. The van der Waals surface area contributed by atoms with Crippen LogP contribution in [-0.4, -0.2) is 47.4 Å². The van der Waals surface area contributed by atoms with E-state index in [0.29, 0.717) is 19.4 Å². The van der Waals surface area contributed by atoms with Crippen molar-refractivity contribution in [1.29, 1.82) is 0 Å². The van der Waals surface area contributed by atoms with Crippen LogP contribution in [0.4, 0.5) is 0 Å². The maximum Gasteiger partial charge on any atom is 0.305 e. The number of ether oxygens (including phenoxy) is 1. The summed E-state index contributed by atoms with van der Waals surface area (Å²) in [6, 6.07) is -0.625. The largest absolute Gasteiger partial charge is 0.466 e. The number of amides is 1. The molecule has 498 valence electrons. The molecule has 0 saturated heterocycles. The highest BCUT2D eigenvalue weighted by Gasteiger charge is 2.18. The van der Waals surface area contributed by atoms with Gasteiger partial charge in [0.1, 0.15) is 0 Å². The van der Waals surface area contributed by atoms with E-state index in [-0.39, 0.29) is 18.5 Å². The van der Waals surface area contributed by atoms with Gasteiger partial charge in [-0.25, -0.2) is 0 Å². The molecule has 0 aliphatic heterocycles. The molecule has 2 unspecified atom stereocenters. The van der Waals surface area contributed by atoms with E-state index in [1.165, 1.54) is 366 Å². The first-order chi connectivity index (χ1) is 41.5. The molecule has 0 aromatic rings. The number of esters is 1. The number of allylic oxidation sites excluding steroid dienone is 3. The number of carbonyl (C=O) groups excluding carboxylic acids is 2. The number of unbranched alkanes of at least 4 members (excludes halogenated alkanes) is 60. The van der Waals surface area contributed by atoms with Gasteiger partial charge < -0.3 is 20.3 Å². The van der Waals surface area contributed by atoms with E-state index in [2.05, 4.69) is 31.3 Å². The van der Waals surface area contributed by atoms with Gasteiger partial charge in [0.25, 0.3) is 0 Å². The summed E-state index contributed by atoms with van der Waals surface area (Å²) in [6.45, 7) is 4.95. The van der Waals surface area contributed by atoms with Gasteiger partial charge in [0.2, 0.25) is 5.91 Å². The zero-order chi connectivity index (χ0) is 60.6. The van der Waals surface area contributed by atoms with Crippen LogP contribution in [0.5, 0.6) is 0 Å². The Bertz CT molecular complexity index is 1320. The lowest BCUT2D eigenvalue weighted by atomic mass is 10.0. The number of hydrogen-bond acceptors (Lipinski definition) is 5. The summed E-state index contributed by atoms with van der Waals surface area (Å²) in [5.74, 6) is -0.0415. The van der Waals surface area contributed by atoms with Crippen molar-refractivity contribution in [3.05, 3.63) is 24.3 Å². The summed E-state index contributed by atoms with van der Waals surface area (Å²) in [4.78, 5) is 24.6. The highest BCUT2D eigenvalue weighted by molar-refractivity contribution is 5.76. The molecule has 0 saturated carbocycles. The van der Waals surface area contributed by atoms with Crippen molar-refractivity contribution in [2.24, 2.45) is 0 Å². The van der Waals surface area contributed by atoms with Crippen LogP contribution in [0.3, 0.4) is 0 Å². The molecule has 0 fully saturated rings. The Balaban J connectivity index is 3.34. The molecule has 0 heterocycles. The first-order valence-corrected chi connectivity index (χ1v) is 38.6. The third-order valence-electron chi connectivity index (χ3n) is 18.2. The second kappa shape index (κ2) is 73.8. The predicted molar refractivity (Wildman–Crippen MR) is 370 cm³/mol. The Hall–Kier alpha value is -1.66. The zero-order valence-corrected chi connectivity index (χ0v) is 57.2. The number of rotatable bonds is 73. The Kier molecular flexibility index (Phi) is 72.3. The van der Waals surface area contributed by atoms with Crippen LogP contribution in [0.1, 0.15) is 438 Å². The Morgan fingerprint density at radius 2 is 0.560 bits per heavy atom. The molecule has 6 heteroatoms. The van der Waals surface area contributed by atoms with Crippen molar-refractivity contribution in [2.75, 3.05) is 13.2 Å². The maximum absolute atomic E-state index is 12.5. The second-order valence-corrected chi connectivity index (χ2v) is 26.7. The van der Waals surface area contributed by atoms with E-state index >= 15 is 0 Å². The number of aliphatic hydroxyl groups excluding tert-OH is 2. The van der Waals surface area contributed by atoms with Crippen molar-refractivity contribution >= 4 is 11.9 Å². The fourth-order valence-corrected chi connectivity index (χ4v) is 12.3. The van der Waals surface area contributed by atoms with Crippen LogP contribution in [0.2, 0.25) is 0 Å². The first kappa shape index (κ1) is 82.3. The van der Waals surface area contributed by atoms with Crippen molar-refractivity contribution in [3.63, 3.8) is 0 Å². The molecule has 0 rings (SSSR count). The average molecular weight is 1180 g/mol. The van der Waals surface area contributed by atoms with Gasteiger partial charge in [-0.15, -0.1) is 0 Å². The summed E-state index contributed by atoms with van der Waals surface area (Å²) in [6.07, 6.45) is 94.3. The lowest BCUT2D eigenvalue weighted by Gasteiger charge is -2.20. The number of aliphatic hydroxyl groups is 2. The van der Waals surface area contributed by atoms with E-state index in [9.17, 15) is 19.8 Å². The third kappa shape index (κ3) is 69.4. The van der Waals surface area contributed by atoms with E-state index in [1.54, 1.807) is 6.08 Å². The number of carbonyl (C=O) groups is 2. The van der Waals surface area contributed by atoms with Gasteiger partial charge >= 0.3 is 5.97 Å². The standard InChI is InChI=1S/C78H151NO5/c1-3-5-7-9-11-13-15-17-19-21-35-39-42-46-50-54-58-62-66-70-76(81)75(74-80)79-77(82)71-67-63-59-55-51-47-43-40-36-33-31-29-27-25-23-22-24-26-28-30-32-34-37-41-45-49-53-57-61-65-69-73-84-78(83)72-68-64-60-56-52-48-44-38-20-18-16-14-12-10-8-6-4-2/h18,20,66,70,75-76,80-81H,3-17,19,21-65,67-69,71-74H2,1-2H3,(H,79,82)/b20-18-,70-66+. The second-order valence-electron chi connectivity index (χ2n) is 26.7. The van der Waals surface area contributed by atoms with Gasteiger partial charge in [-0.2, -0.15) is 0 Å². The summed E-state index contributed by atoms with van der Waals surface area (Å²) >= 11 is 0. The fraction of sp³-hybridized carbons (Fsp3) is 0.923. The Morgan fingerprint density at radius 1 is 0.321 bits per heavy atom. The van der Waals surface area contributed by atoms with Crippen LogP contribution in [0.25, 0.3) is 0 Å². The zero-order valence-electron chi connectivity index (χ0n) is 57.2. The van der Waals surface area contributed by atoms with Crippen LogP contribution in [0.15, 0.2) is 24.3 Å². The SMILES string of the molecule is CCCCCCCC/C=C\CCCCCCCCCC(=O)OCCCCCCCCCCCCCCCCCCCCCCCCCCCCCCCCCC(=O)NC(CO)C(O)/C=C/CCCCCCCCCCCCCCCCCCC. The Labute approximate surface area is 526 Å². The average Bonchev–Trinajstić information content (AvgIpc) is 3.51. The third-order valence-corrected chi connectivity index (χ3v) is 18.2. The molecule has 0 bridgehead atoms. The van der Waals surface area contributed by atoms with E-state index in [1.807, 2.05) is 6.08 Å². The molecule has 1 amide bonds. The van der Waals surface area contributed by atoms with Gasteiger partial charge in [-0.1, -0.05) is 391 Å². The van der Waals surface area contributed by atoms with Crippen LogP contribution in [0, 0.1) is 0 Å². The molecular weight excluding hydrogens is 1030 g/mol.